The maximum atomic E-state index is 11.8. The summed E-state index contributed by atoms with van der Waals surface area (Å²) in [4.78, 5) is 23.7. The van der Waals surface area contributed by atoms with Gasteiger partial charge in [0, 0.05) is 11.5 Å². The Morgan fingerprint density at radius 1 is 1.05 bits per heavy atom. The van der Waals surface area contributed by atoms with Gasteiger partial charge in [0.05, 0.1) is 16.8 Å². The smallest absolute Gasteiger partial charge is 0.190 e. The molecule has 3 N–H and O–H groups in total. The Kier molecular flexibility index (Phi) is 2.25. The van der Waals surface area contributed by atoms with Gasteiger partial charge in [-0.25, -0.2) is 0 Å². The lowest BCUT2D eigenvalue weighted by Crippen LogP contribution is -2.16. The zero-order valence-corrected chi connectivity index (χ0v) is 10.1. The number of carbonyl (C=O) groups excluding carboxylic acids is 2. The lowest BCUT2D eigenvalue weighted by molar-refractivity contribution is 0.0989. The van der Waals surface area contributed by atoms with E-state index in [1.165, 1.54) is 0 Å². The molecule has 19 heavy (non-hydrogen) atoms. The van der Waals surface area contributed by atoms with Crippen molar-refractivity contribution in [2.24, 2.45) is 0 Å². The lowest BCUT2D eigenvalue weighted by Gasteiger charge is -2.25. The zero-order valence-electron chi connectivity index (χ0n) is 10.1. The summed E-state index contributed by atoms with van der Waals surface area (Å²) in [7, 11) is 0. The Balaban J connectivity index is 2.42. The standard InChI is InChI=1S/C14H11NO4/c1-6-4-5-15-12-9(6)13(18)10-7(16)2-3-8(17)11(10)14(12)19/h2-6,15,18-19H,1H3. The number of aromatic hydroxyl groups is 2. The second kappa shape index (κ2) is 3.71. The number of nitrogens with one attached hydrogen (secondary N) is 1. The van der Waals surface area contributed by atoms with Crippen LogP contribution >= 0.6 is 0 Å². The third-order valence-electron chi connectivity index (χ3n) is 3.43. The first-order chi connectivity index (χ1) is 9.02. The molecule has 1 heterocycles. The van der Waals surface area contributed by atoms with Crippen LogP contribution in [0.25, 0.3) is 0 Å². The normalized spacial score (nSPS) is 19.9. The van der Waals surface area contributed by atoms with Crippen molar-refractivity contribution in [3.8, 4) is 11.5 Å². The third-order valence-corrected chi connectivity index (χ3v) is 3.43. The molecule has 1 aliphatic carbocycles. The minimum atomic E-state index is -0.491. The van der Waals surface area contributed by atoms with Crippen molar-refractivity contribution in [3.63, 3.8) is 0 Å². The van der Waals surface area contributed by atoms with E-state index in [0.29, 0.717) is 5.56 Å². The molecule has 1 aromatic rings. The summed E-state index contributed by atoms with van der Waals surface area (Å²) in [6.45, 7) is 1.83. The quantitative estimate of drug-likeness (QED) is 0.489. The van der Waals surface area contributed by atoms with E-state index < -0.39 is 11.6 Å². The maximum Gasteiger partial charge on any atom is 0.190 e. The minimum absolute atomic E-state index is 0.118. The van der Waals surface area contributed by atoms with Crippen LogP contribution in [0.5, 0.6) is 11.5 Å². The number of allylic oxidation sites excluding steroid dienone is 3. The summed E-state index contributed by atoms with van der Waals surface area (Å²) in [6, 6.07) is 0. The van der Waals surface area contributed by atoms with Crippen LogP contribution in [0.1, 0.15) is 39.1 Å². The van der Waals surface area contributed by atoms with Crippen molar-refractivity contribution in [1.82, 2.24) is 0 Å². The molecule has 5 nitrogen and oxygen atoms in total. The molecule has 0 spiro atoms. The van der Waals surface area contributed by atoms with Crippen LogP contribution in [0.3, 0.4) is 0 Å². The highest BCUT2D eigenvalue weighted by Crippen LogP contribution is 2.47. The number of carbonyl (C=O) groups is 2. The Morgan fingerprint density at radius 2 is 1.63 bits per heavy atom. The van der Waals surface area contributed by atoms with Gasteiger partial charge in [-0.3, -0.25) is 9.59 Å². The van der Waals surface area contributed by atoms with Gasteiger partial charge in [0.1, 0.15) is 5.75 Å². The molecule has 1 aromatic carbocycles. The summed E-state index contributed by atoms with van der Waals surface area (Å²) < 4.78 is 0. The highest BCUT2D eigenvalue weighted by atomic mass is 16.3. The molecule has 0 bridgehead atoms. The fourth-order valence-corrected chi connectivity index (χ4v) is 2.50. The number of hydrogen-bond acceptors (Lipinski definition) is 5. The van der Waals surface area contributed by atoms with E-state index in [9.17, 15) is 19.8 Å². The molecule has 1 unspecified atom stereocenters. The van der Waals surface area contributed by atoms with Gasteiger partial charge in [0.15, 0.2) is 17.3 Å². The molecule has 0 fully saturated rings. The number of ketones is 2. The van der Waals surface area contributed by atoms with Crippen LogP contribution in [0, 0.1) is 0 Å². The van der Waals surface area contributed by atoms with E-state index in [2.05, 4.69) is 5.32 Å². The molecule has 0 amide bonds. The molecular formula is C14H11NO4. The largest absolute Gasteiger partial charge is 0.507 e. The van der Waals surface area contributed by atoms with Gasteiger partial charge in [0.25, 0.3) is 0 Å². The van der Waals surface area contributed by atoms with Crippen LogP contribution in [0.2, 0.25) is 0 Å². The highest BCUT2D eigenvalue weighted by molar-refractivity contribution is 6.25. The fourth-order valence-electron chi connectivity index (χ4n) is 2.50. The first kappa shape index (κ1) is 11.5. The fraction of sp³-hybridized carbons (Fsp3) is 0.143. The van der Waals surface area contributed by atoms with Crippen LogP contribution in [-0.4, -0.2) is 21.8 Å². The van der Waals surface area contributed by atoms with Gasteiger partial charge in [-0.2, -0.15) is 0 Å². The molecule has 0 saturated heterocycles. The first-order valence-electron chi connectivity index (χ1n) is 5.84. The summed E-state index contributed by atoms with van der Waals surface area (Å²) in [5.74, 6) is -1.67. The van der Waals surface area contributed by atoms with E-state index in [1.54, 1.807) is 12.3 Å². The molecule has 1 atom stereocenters. The van der Waals surface area contributed by atoms with Crippen molar-refractivity contribution in [3.05, 3.63) is 41.1 Å². The highest BCUT2D eigenvalue weighted by Gasteiger charge is 2.33. The summed E-state index contributed by atoms with van der Waals surface area (Å²) >= 11 is 0. The van der Waals surface area contributed by atoms with Gasteiger partial charge < -0.3 is 15.5 Å². The van der Waals surface area contributed by atoms with Gasteiger partial charge >= 0.3 is 0 Å². The topological polar surface area (TPSA) is 86.6 Å². The van der Waals surface area contributed by atoms with Crippen molar-refractivity contribution in [2.75, 3.05) is 5.32 Å². The van der Waals surface area contributed by atoms with Gasteiger partial charge in [-0.15, -0.1) is 0 Å². The van der Waals surface area contributed by atoms with E-state index >= 15 is 0 Å². The number of phenols is 2. The number of fused-ring (bicyclic) bond motifs is 2. The Hall–Kier alpha value is -2.56. The SMILES string of the molecule is CC1C=CNc2c(O)c3c(c(O)c21)C(=O)C=CC3=O. The van der Waals surface area contributed by atoms with Crippen LogP contribution in [-0.2, 0) is 0 Å². The molecule has 96 valence electrons. The van der Waals surface area contributed by atoms with Crippen LogP contribution in [0.15, 0.2) is 24.4 Å². The predicted octanol–water partition coefficient (Wildman–Crippen LogP) is 2.08. The van der Waals surface area contributed by atoms with E-state index in [-0.39, 0.29) is 34.2 Å². The third kappa shape index (κ3) is 1.41. The number of anilines is 1. The van der Waals surface area contributed by atoms with Crippen molar-refractivity contribution >= 4 is 17.3 Å². The zero-order chi connectivity index (χ0) is 13.7. The predicted molar refractivity (Wildman–Crippen MR) is 68.8 cm³/mol. The van der Waals surface area contributed by atoms with E-state index in [4.69, 9.17) is 0 Å². The Bertz CT molecular complexity index is 685. The van der Waals surface area contributed by atoms with Crippen LogP contribution in [0.4, 0.5) is 5.69 Å². The summed E-state index contributed by atoms with van der Waals surface area (Å²) in [6.07, 6.45) is 5.62. The summed E-state index contributed by atoms with van der Waals surface area (Å²) in [5, 5.41) is 23.3. The van der Waals surface area contributed by atoms with Gasteiger partial charge in [-0.1, -0.05) is 13.0 Å². The van der Waals surface area contributed by atoms with E-state index in [1.807, 2.05) is 6.92 Å². The first-order valence-corrected chi connectivity index (χ1v) is 5.84. The molecule has 0 saturated carbocycles. The lowest BCUT2D eigenvalue weighted by atomic mass is 9.85. The Morgan fingerprint density at radius 3 is 2.26 bits per heavy atom. The minimum Gasteiger partial charge on any atom is -0.507 e. The van der Waals surface area contributed by atoms with Gasteiger partial charge in [0.2, 0.25) is 0 Å². The van der Waals surface area contributed by atoms with Crippen molar-refractivity contribution in [1.29, 1.82) is 0 Å². The maximum absolute atomic E-state index is 11.8. The molecule has 1 aliphatic heterocycles. The van der Waals surface area contributed by atoms with E-state index in [0.717, 1.165) is 12.2 Å². The molecule has 3 rings (SSSR count). The second-order valence-electron chi connectivity index (χ2n) is 4.59. The average Bonchev–Trinajstić information content (AvgIpc) is 2.38. The van der Waals surface area contributed by atoms with Gasteiger partial charge in [-0.05, 0) is 18.4 Å². The molecular weight excluding hydrogens is 246 g/mol. The number of benzene rings is 1. The Labute approximate surface area is 108 Å². The molecule has 5 heteroatoms. The molecule has 2 aliphatic rings. The number of phenolic OH excluding ortho intramolecular Hbond substituents is 2. The summed E-state index contributed by atoms with van der Waals surface area (Å²) in [5.41, 5.74) is 0.448. The van der Waals surface area contributed by atoms with Crippen LogP contribution < -0.4 is 5.32 Å². The number of rotatable bonds is 0. The average molecular weight is 257 g/mol. The second-order valence-corrected chi connectivity index (χ2v) is 4.59. The number of hydrogen-bond donors (Lipinski definition) is 3. The van der Waals surface area contributed by atoms with Crippen molar-refractivity contribution < 1.29 is 19.8 Å². The van der Waals surface area contributed by atoms with Crippen molar-refractivity contribution in [2.45, 2.75) is 12.8 Å². The molecule has 0 aromatic heterocycles. The monoisotopic (exact) mass is 257 g/mol. The molecule has 0 radical (unpaired) electrons.